The highest BCUT2D eigenvalue weighted by molar-refractivity contribution is 5.92. The molecule has 5 rings (SSSR count). The molecule has 3 unspecified atom stereocenters. The first-order valence-electron chi connectivity index (χ1n) is 11.6. The lowest BCUT2D eigenvalue weighted by atomic mass is 9.82. The topological polar surface area (TPSA) is 85.9 Å². The number of carbonyl (C=O) groups excluding carboxylic acids is 2. The molecule has 1 aromatic rings. The molecular weight excluding hydrogens is 451 g/mol. The smallest absolute Gasteiger partial charge is 0.406 e. The van der Waals surface area contributed by atoms with Gasteiger partial charge >= 0.3 is 6.36 Å². The molecule has 2 amide bonds. The third kappa shape index (κ3) is 5.06. The summed E-state index contributed by atoms with van der Waals surface area (Å²) in [6.45, 7) is 2.60. The van der Waals surface area contributed by atoms with Crippen molar-refractivity contribution >= 4 is 17.9 Å². The molecule has 3 saturated heterocycles. The Morgan fingerprint density at radius 1 is 0.941 bits per heavy atom. The van der Waals surface area contributed by atoms with Gasteiger partial charge < -0.3 is 14.5 Å². The summed E-state index contributed by atoms with van der Waals surface area (Å²) in [6, 6.07) is 6.01. The summed E-state index contributed by atoms with van der Waals surface area (Å²) < 4.78 is 40.6. The summed E-state index contributed by atoms with van der Waals surface area (Å²) in [7, 11) is 0. The number of ether oxygens (including phenoxy) is 1. The highest BCUT2D eigenvalue weighted by atomic mass is 19.4. The summed E-state index contributed by atoms with van der Waals surface area (Å²) in [4.78, 5) is 29.5. The van der Waals surface area contributed by atoms with Gasteiger partial charge in [-0.05, 0) is 43.0 Å². The van der Waals surface area contributed by atoms with E-state index in [4.69, 9.17) is 0 Å². The van der Waals surface area contributed by atoms with Crippen molar-refractivity contribution in [2.75, 3.05) is 26.2 Å². The van der Waals surface area contributed by atoms with Gasteiger partial charge in [-0.25, -0.2) is 10.9 Å². The van der Waals surface area contributed by atoms with Crippen LogP contribution in [0.4, 0.5) is 13.2 Å². The molecular formula is C23H28F3N5O3. The molecule has 8 nitrogen and oxygen atoms in total. The molecule has 0 bridgehead atoms. The van der Waals surface area contributed by atoms with Gasteiger partial charge in [0.1, 0.15) is 5.75 Å². The molecule has 4 fully saturated rings. The monoisotopic (exact) mass is 479 g/mol. The Hall–Kier alpha value is -2.63. The van der Waals surface area contributed by atoms with E-state index in [1.807, 2.05) is 4.90 Å². The molecule has 1 saturated carbocycles. The molecule has 3 heterocycles. The van der Waals surface area contributed by atoms with Crippen molar-refractivity contribution in [2.24, 2.45) is 17.8 Å². The van der Waals surface area contributed by atoms with Crippen molar-refractivity contribution < 1.29 is 27.5 Å². The highest BCUT2D eigenvalue weighted by Crippen LogP contribution is 2.34. The number of benzene rings is 1. The van der Waals surface area contributed by atoms with E-state index in [0.717, 1.165) is 19.3 Å². The van der Waals surface area contributed by atoms with Gasteiger partial charge in [0.2, 0.25) is 11.8 Å². The number of halogens is 3. The minimum Gasteiger partial charge on any atom is -0.406 e. The zero-order chi connectivity index (χ0) is 23.9. The number of alkyl halides is 3. The van der Waals surface area contributed by atoms with Crippen LogP contribution >= 0.6 is 0 Å². The summed E-state index contributed by atoms with van der Waals surface area (Å²) in [5.74, 6) is 0.408. The lowest BCUT2D eigenvalue weighted by molar-refractivity contribution is -0.274. The van der Waals surface area contributed by atoms with Crippen molar-refractivity contribution in [3.05, 3.63) is 35.9 Å². The molecule has 34 heavy (non-hydrogen) atoms. The van der Waals surface area contributed by atoms with E-state index in [0.29, 0.717) is 37.8 Å². The molecule has 3 aliphatic heterocycles. The van der Waals surface area contributed by atoms with Crippen molar-refractivity contribution in [3.63, 3.8) is 0 Å². The van der Waals surface area contributed by atoms with Crippen LogP contribution in [-0.2, 0) is 9.59 Å². The molecule has 1 aliphatic carbocycles. The normalized spacial score (nSPS) is 31.1. The molecule has 184 valence electrons. The molecule has 11 heteroatoms. The number of hydrogen-bond donors (Lipinski definition) is 3. The lowest BCUT2D eigenvalue weighted by Gasteiger charge is -2.32. The summed E-state index contributed by atoms with van der Waals surface area (Å²) in [5, 5.41) is 0. The number of likely N-dealkylation sites (tertiary alicyclic amines) is 2. The second kappa shape index (κ2) is 9.20. The van der Waals surface area contributed by atoms with Crippen LogP contribution in [0.3, 0.4) is 0 Å². The van der Waals surface area contributed by atoms with Gasteiger partial charge in [0.05, 0.1) is 0 Å². The molecule has 0 aromatic heterocycles. The fourth-order valence-electron chi connectivity index (χ4n) is 5.62. The van der Waals surface area contributed by atoms with E-state index in [-0.39, 0.29) is 41.4 Å². The number of amides is 2. The second-order valence-electron chi connectivity index (χ2n) is 9.59. The Kier molecular flexibility index (Phi) is 6.26. The first kappa shape index (κ1) is 23.1. The van der Waals surface area contributed by atoms with Gasteiger partial charge in [-0.1, -0.05) is 12.1 Å². The minimum absolute atomic E-state index is 0.0443. The largest absolute Gasteiger partial charge is 0.573 e. The molecule has 4 aliphatic rings. The van der Waals surface area contributed by atoms with E-state index >= 15 is 0 Å². The van der Waals surface area contributed by atoms with Gasteiger partial charge in [-0.3, -0.25) is 9.59 Å². The Morgan fingerprint density at radius 2 is 1.59 bits per heavy atom. The van der Waals surface area contributed by atoms with Crippen molar-refractivity contribution in [1.82, 2.24) is 26.2 Å². The number of nitrogens with zero attached hydrogens (tertiary/aromatic N) is 2. The quantitative estimate of drug-likeness (QED) is 0.570. The maximum atomic E-state index is 13.1. The van der Waals surface area contributed by atoms with Crippen LogP contribution in [-0.4, -0.2) is 66.2 Å². The van der Waals surface area contributed by atoms with Crippen LogP contribution in [0.1, 0.15) is 24.8 Å². The predicted octanol–water partition coefficient (Wildman–Crippen LogP) is 1.66. The minimum atomic E-state index is -4.73. The zero-order valence-electron chi connectivity index (χ0n) is 18.6. The third-order valence-corrected chi connectivity index (χ3v) is 7.36. The molecule has 0 spiro atoms. The number of nitrogens with one attached hydrogen (secondary N) is 3. The standard InChI is InChI=1S/C23H28F3N5O3/c24-23(25,26)34-18-5-1-14(2-6-18)3-8-21(32)30-10-16-12-31(13-17(16)11-30)22(33)15-4-7-19-20(9-15)28-29-27-19/h1-3,5-6,8,15-17,19-20,27-29H,4,7,9-13H2/b8-3+/t15?,16-,17+,19?,20?. The van der Waals surface area contributed by atoms with Crippen LogP contribution in [0.15, 0.2) is 30.3 Å². The first-order chi connectivity index (χ1) is 16.2. The Morgan fingerprint density at radius 3 is 2.26 bits per heavy atom. The molecule has 3 N–H and O–H groups in total. The SMILES string of the molecule is O=C(/C=C/c1ccc(OC(F)(F)F)cc1)N1C[C@@H]2CN(C(=O)C3CCC4NNNC4C3)C[C@@H]2C1. The van der Waals surface area contributed by atoms with Crippen molar-refractivity contribution in [1.29, 1.82) is 0 Å². The van der Waals surface area contributed by atoms with Crippen LogP contribution in [0.5, 0.6) is 5.75 Å². The van der Waals surface area contributed by atoms with E-state index in [1.54, 1.807) is 11.0 Å². The van der Waals surface area contributed by atoms with E-state index in [2.05, 4.69) is 21.1 Å². The third-order valence-electron chi connectivity index (χ3n) is 7.36. The fraction of sp³-hybridized carbons (Fsp3) is 0.565. The van der Waals surface area contributed by atoms with Crippen LogP contribution in [0.2, 0.25) is 0 Å². The van der Waals surface area contributed by atoms with E-state index < -0.39 is 6.36 Å². The van der Waals surface area contributed by atoms with Crippen LogP contribution in [0, 0.1) is 17.8 Å². The predicted molar refractivity (Wildman–Crippen MR) is 117 cm³/mol. The lowest BCUT2D eigenvalue weighted by Crippen LogP contribution is -2.45. The zero-order valence-corrected chi connectivity index (χ0v) is 18.6. The van der Waals surface area contributed by atoms with Crippen molar-refractivity contribution in [2.45, 2.75) is 37.7 Å². The Bertz CT molecular complexity index is 940. The Balaban J connectivity index is 1.10. The number of hydrogen-bond acceptors (Lipinski definition) is 6. The summed E-state index contributed by atoms with van der Waals surface area (Å²) in [5.41, 5.74) is 9.95. The summed E-state index contributed by atoms with van der Waals surface area (Å²) >= 11 is 0. The maximum Gasteiger partial charge on any atom is 0.573 e. The number of hydrazine groups is 2. The maximum absolute atomic E-state index is 13.1. The van der Waals surface area contributed by atoms with Gasteiger partial charge in [0.15, 0.2) is 0 Å². The number of rotatable bonds is 4. The van der Waals surface area contributed by atoms with Crippen molar-refractivity contribution in [3.8, 4) is 5.75 Å². The second-order valence-corrected chi connectivity index (χ2v) is 9.59. The average Bonchev–Trinajstić information content (AvgIpc) is 3.51. The Labute approximate surface area is 195 Å². The van der Waals surface area contributed by atoms with Gasteiger partial charge in [-0.15, -0.1) is 13.2 Å². The molecule has 1 aromatic carbocycles. The molecule has 5 atom stereocenters. The van der Waals surface area contributed by atoms with Gasteiger partial charge in [-0.2, -0.15) is 5.53 Å². The number of fused-ring (bicyclic) bond motifs is 2. The number of carbonyl (C=O) groups is 2. The van der Waals surface area contributed by atoms with E-state index in [9.17, 15) is 22.8 Å². The average molecular weight is 480 g/mol. The van der Waals surface area contributed by atoms with Crippen LogP contribution in [0.25, 0.3) is 6.08 Å². The highest BCUT2D eigenvalue weighted by Gasteiger charge is 2.45. The molecule has 0 radical (unpaired) electrons. The van der Waals surface area contributed by atoms with Gasteiger partial charge in [0, 0.05) is 62.1 Å². The van der Waals surface area contributed by atoms with E-state index in [1.165, 1.54) is 30.3 Å². The summed E-state index contributed by atoms with van der Waals surface area (Å²) in [6.07, 6.45) is 0.978. The first-order valence-corrected chi connectivity index (χ1v) is 11.6. The van der Waals surface area contributed by atoms with Gasteiger partial charge in [0.25, 0.3) is 0 Å². The van der Waals surface area contributed by atoms with Crippen LogP contribution < -0.4 is 21.1 Å². The fourth-order valence-corrected chi connectivity index (χ4v) is 5.62.